The van der Waals surface area contributed by atoms with Gasteiger partial charge in [0.2, 0.25) is 0 Å². The minimum absolute atomic E-state index is 0.0150. The number of ether oxygens (including phenoxy) is 1. The van der Waals surface area contributed by atoms with Crippen molar-refractivity contribution in [3.8, 4) is 0 Å². The number of carbonyl (C=O) groups excluding carboxylic acids is 1. The van der Waals surface area contributed by atoms with E-state index in [-0.39, 0.29) is 47.1 Å². The van der Waals surface area contributed by atoms with E-state index in [1.165, 1.54) is 0 Å². The summed E-state index contributed by atoms with van der Waals surface area (Å²) >= 11 is 0. The van der Waals surface area contributed by atoms with Crippen molar-refractivity contribution in [2.24, 2.45) is 34.5 Å². The second kappa shape index (κ2) is 7.50. The summed E-state index contributed by atoms with van der Waals surface area (Å²) in [5.74, 6) is 0.151. The summed E-state index contributed by atoms with van der Waals surface area (Å²) in [4.78, 5) is 11.7. The number of aliphatic hydroxyl groups is 2. The second-order valence-corrected chi connectivity index (χ2v) is 12.1. The monoisotopic (exact) mass is 470 g/mol. The van der Waals surface area contributed by atoms with E-state index in [1.54, 1.807) is 6.08 Å². The molecule has 5 aliphatic rings. The van der Waals surface area contributed by atoms with Gasteiger partial charge >= 0.3 is 16.4 Å². The van der Waals surface area contributed by atoms with E-state index in [0.717, 1.165) is 37.7 Å². The molecule has 0 aromatic rings. The molecule has 9 heteroatoms. The highest BCUT2D eigenvalue weighted by atomic mass is 32.3. The van der Waals surface area contributed by atoms with E-state index in [4.69, 9.17) is 13.5 Å². The molecule has 8 nitrogen and oxygen atoms in total. The Bertz CT molecular complexity index is 930. The van der Waals surface area contributed by atoms with Gasteiger partial charge in [-0.1, -0.05) is 6.92 Å². The lowest BCUT2D eigenvalue weighted by atomic mass is 9.43. The molecule has 0 aromatic carbocycles. The van der Waals surface area contributed by atoms with Crippen LogP contribution in [0.15, 0.2) is 11.6 Å². The van der Waals surface area contributed by atoms with Crippen molar-refractivity contribution in [1.29, 1.82) is 0 Å². The molecule has 0 unspecified atom stereocenters. The molecule has 4 aliphatic carbocycles. The van der Waals surface area contributed by atoms with Crippen LogP contribution in [0.1, 0.15) is 64.7 Å². The summed E-state index contributed by atoms with van der Waals surface area (Å²) in [5, 5.41) is 22.8. The van der Waals surface area contributed by atoms with Crippen LogP contribution in [0.4, 0.5) is 0 Å². The fourth-order valence-electron chi connectivity index (χ4n) is 8.73. The van der Waals surface area contributed by atoms with Gasteiger partial charge in [-0.25, -0.2) is 8.98 Å². The van der Waals surface area contributed by atoms with Gasteiger partial charge in [0, 0.05) is 18.1 Å². The fourth-order valence-corrected chi connectivity index (χ4v) is 9.25. The van der Waals surface area contributed by atoms with E-state index < -0.39 is 22.1 Å². The van der Waals surface area contributed by atoms with Crippen LogP contribution in [0.2, 0.25) is 0 Å². The van der Waals surface area contributed by atoms with E-state index >= 15 is 0 Å². The van der Waals surface area contributed by atoms with Crippen molar-refractivity contribution in [2.75, 3.05) is 13.2 Å². The van der Waals surface area contributed by atoms with Gasteiger partial charge in [-0.2, -0.15) is 8.42 Å². The van der Waals surface area contributed by atoms with Gasteiger partial charge < -0.3 is 14.9 Å². The third-order valence-corrected chi connectivity index (χ3v) is 10.7. The number of hydrogen-bond acceptors (Lipinski definition) is 7. The molecule has 1 heterocycles. The van der Waals surface area contributed by atoms with Crippen LogP contribution in [0.3, 0.4) is 0 Å². The molecule has 0 amide bonds. The molecule has 5 rings (SSSR count). The molecule has 32 heavy (non-hydrogen) atoms. The number of fused-ring (bicyclic) bond motifs is 5. The fraction of sp³-hybridized carbons (Fsp3) is 0.870. The second-order valence-electron chi connectivity index (χ2n) is 11.1. The maximum atomic E-state index is 12.2. The molecule has 4 saturated carbocycles. The Hall–Kier alpha value is -1.00. The van der Waals surface area contributed by atoms with Gasteiger partial charge in [0.15, 0.2) is 0 Å². The normalized spacial score (nSPS) is 48.4. The van der Waals surface area contributed by atoms with Crippen LogP contribution in [-0.4, -0.2) is 54.1 Å². The van der Waals surface area contributed by atoms with Gasteiger partial charge in [0.25, 0.3) is 0 Å². The van der Waals surface area contributed by atoms with E-state index in [9.17, 15) is 23.4 Å². The average Bonchev–Trinajstić information content (AvgIpc) is 3.26. The zero-order valence-corrected chi connectivity index (χ0v) is 19.3. The number of hydrogen-bond donors (Lipinski definition) is 3. The number of esters is 1. The Morgan fingerprint density at radius 1 is 1.12 bits per heavy atom. The van der Waals surface area contributed by atoms with Crippen LogP contribution < -0.4 is 0 Å². The highest BCUT2D eigenvalue weighted by Gasteiger charge is 2.68. The zero-order chi connectivity index (χ0) is 22.9. The molecule has 8 atom stereocenters. The number of aliphatic hydroxyl groups excluding tert-OH is 1. The van der Waals surface area contributed by atoms with Crippen LogP contribution in [0.25, 0.3) is 0 Å². The molecule has 0 bridgehead atoms. The molecular weight excluding hydrogens is 436 g/mol. The van der Waals surface area contributed by atoms with E-state index in [2.05, 4.69) is 6.92 Å². The molecule has 0 saturated heterocycles. The molecule has 0 aromatic heterocycles. The summed E-state index contributed by atoms with van der Waals surface area (Å²) in [7, 11) is -4.50. The summed E-state index contributed by atoms with van der Waals surface area (Å²) in [6.45, 7) is 2.50. The summed E-state index contributed by atoms with van der Waals surface area (Å²) in [6.07, 6.45) is 7.46. The molecule has 1 aliphatic heterocycles. The lowest BCUT2D eigenvalue weighted by Gasteiger charge is -2.64. The molecule has 0 spiro atoms. The third-order valence-electron chi connectivity index (χ3n) is 10.2. The van der Waals surface area contributed by atoms with Crippen LogP contribution >= 0.6 is 0 Å². The first-order valence-corrected chi connectivity index (χ1v) is 13.2. The quantitative estimate of drug-likeness (QED) is 0.422. The first kappa shape index (κ1) is 22.8. The summed E-state index contributed by atoms with van der Waals surface area (Å²) in [6, 6.07) is 0. The number of rotatable bonds is 4. The highest BCUT2D eigenvalue weighted by molar-refractivity contribution is 7.80. The SMILES string of the molecule is C[C@]12CC[C@H]3[C@@H](CC[C@H]4C[C@@H](OS(=O)(=O)O)CC[C@@]43CO)[C@@]1(O)CC[C@@H]2C1=CC(=O)OC1. The number of cyclic esters (lactones) is 1. The van der Waals surface area contributed by atoms with Crippen LogP contribution in [0, 0.1) is 34.5 Å². The van der Waals surface area contributed by atoms with E-state index in [0.29, 0.717) is 32.3 Å². The Labute approximate surface area is 189 Å². The first-order valence-electron chi connectivity index (χ1n) is 11.9. The lowest BCUT2D eigenvalue weighted by molar-refractivity contribution is -0.218. The maximum Gasteiger partial charge on any atom is 0.397 e. The molecule has 0 radical (unpaired) electrons. The third kappa shape index (κ3) is 3.22. The predicted molar refractivity (Wildman–Crippen MR) is 114 cm³/mol. The smallest absolute Gasteiger partial charge is 0.397 e. The Kier molecular flexibility index (Phi) is 5.34. The Balaban J connectivity index is 1.42. The number of carbonyl (C=O) groups is 1. The first-order chi connectivity index (χ1) is 15.0. The average molecular weight is 471 g/mol. The van der Waals surface area contributed by atoms with Crippen molar-refractivity contribution in [1.82, 2.24) is 0 Å². The largest absolute Gasteiger partial charge is 0.458 e. The van der Waals surface area contributed by atoms with E-state index in [1.807, 2.05) is 0 Å². The van der Waals surface area contributed by atoms with Gasteiger partial charge in [-0.3, -0.25) is 4.55 Å². The molecule has 3 N–H and O–H groups in total. The molecule has 180 valence electrons. The van der Waals surface area contributed by atoms with Crippen molar-refractivity contribution in [2.45, 2.75) is 76.4 Å². The van der Waals surface area contributed by atoms with Gasteiger partial charge in [-0.05, 0) is 92.4 Å². The van der Waals surface area contributed by atoms with Crippen molar-refractivity contribution >= 4 is 16.4 Å². The van der Waals surface area contributed by atoms with Gasteiger partial charge in [0.1, 0.15) is 6.61 Å². The predicted octanol–water partition coefficient (Wildman–Crippen LogP) is 2.40. The van der Waals surface area contributed by atoms with Crippen LogP contribution in [0.5, 0.6) is 0 Å². The van der Waals surface area contributed by atoms with Crippen molar-refractivity contribution < 1.29 is 36.9 Å². The molecular formula is C23H34O8S. The van der Waals surface area contributed by atoms with Gasteiger partial charge in [-0.15, -0.1) is 0 Å². The lowest BCUT2D eigenvalue weighted by Crippen LogP contribution is -2.63. The molecule has 4 fully saturated rings. The van der Waals surface area contributed by atoms with Crippen molar-refractivity contribution in [3.63, 3.8) is 0 Å². The summed E-state index contributed by atoms with van der Waals surface area (Å²) in [5.41, 5.74) is -0.548. The zero-order valence-electron chi connectivity index (χ0n) is 18.5. The Morgan fingerprint density at radius 3 is 2.56 bits per heavy atom. The minimum Gasteiger partial charge on any atom is -0.458 e. The topological polar surface area (TPSA) is 130 Å². The maximum absolute atomic E-state index is 12.2. The Morgan fingerprint density at radius 2 is 1.91 bits per heavy atom. The minimum atomic E-state index is -4.50. The van der Waals surface area contributed by atoms with Gasteiger partial charge in [0.05, 0.1) is 11.7 Å². The van der Waals surface area contributed by atoms with Crippen LogP contribution in [-0.2, 0) is 24.1 Å². The highest BCUT2D eigenvalue weighted by Crippen LogP contribution is 2.70. The summed E-state index contributed by atoms with van der Waals surface area (Å²) < 4.78 is 41.6. The van der Waals surface area contributed by atoms with Crippen molar-refractivity contribution in [3.05, 3.63) is 11.6 Å². The standard InChI is InChI=1S/C23H34O8S/c1-21-7-5-18-19(23(21,26)9-6-17(21)14-10-20(25)30-12-14)3-2-15-11-16(31-32(27,28)29)4-8-22(15,18)13-24/h10,15-19,24,26H,2-9,11-13H2,1H3,(H,27,28,29)/t15-,16-,17+,18-,19+,21+,22+,23-/m0/s1.